The summed E-state index contributed by atoms with van der Waals surface area (Å²) >= 11 is 0. The molecule has 116 valence electrons. The van der Waals surface area contributed by atoms with Crippen LogP contribution in [0, 0.1) is 5.82 Å². The van der Waals surface area contributed by atoms with Gasteiger partial charge in [0.15, 0.2) is 0 Å². The molecule has 0 bridgehead atoms. The molecular weight excluding hydrogens is 273 g/mol. The number of benzene rings is 1. The molecule has 1 aromatic rings. The van der Waals surface area contributed by atoms with Gasteiger partial charge >= 0.3 is 6.09 Å². The third kappa shape index (κ3) is 3.73. The first kappa shape index (κ1) is 15.8. The van der Waals surface area contributed by atoms with Gasteiger partial charge in [-0.25, -0.2) is 9.18 Å². The van der Waals surface area contributed by atoms with Crippen molar-refractivity contribution < 1.29 is 19.0 Å². The average molecular weight is 295 g/mol. The molecule has 1 aliphatic heterocycles. The minimum absolute atomic E-state index is 0.100. The van der Waals surface area contributed by atoms with Crippen molar-refractivity contribution >= 4 is 6.09 Å². The minimum Gasteiger partial charge on any atom is -0.444 e. The number of ether oxygens (including phenoxy) is 1. The Kier molecular flexibility index (Phi) is 4.52. The van der Waals surface area contributed by atoms with E-state index < -0.39 is 11.7 Å². The number of aliphatic hydroxyl groups excluding tert-OH is 1. The normalized spacial score (nSPS) is 22.4. The van der Waals surface area contributed by atoms with Gasteiger partial charge in [-0.2, -0.15) is 0 Å². The molecule has 0 spiro atoms. The van der Waals surface area contributed by atoms with Crippen LogP contribution in [0.15, 0.2) is 24.3 Å². The molecular formula is C16H22FNO3. The fourth-order valence-corrected chi connectivity index (χ4v) is 2.67. The second kappa shape index (κ2) is 6.02. The molecule has 1 N–H and O–H groups in total. The Morgan fingerprint density at radius 2 is 1.95 bits per heavy atom. The molecule has 1 amide bonds. The van der Waals surface area contributed by atoms with Crippen molar-refractivity contribution in [2.24, 2.45) is 0 Å². The van der Waals surface area contributed by atoms with Gasteiger partial charge in [0.1, 0.15) is 11.4 Å². The zero-order valence-electron chi connectivity index (χ0n) is 12.7. The molecule has 0 aromatic heterocycles. The summed E-state index contributed by atoms with van der Waals surface area (Å²) in [5.74, 6) is -0.306. The van der Waals surface area contributed by atoms with Gasteiger partial charge < -0.3 is 9.84 Å². The number of aliphatic hydroxyl groups is 1. The Morgan fingerprint density at radius 1 is 1.33 bits per heavy atom. The maximum atomic E-state index is 13.0. The molecule has 0 unspecified atom stereocenters. The van der Waals surface area contributed by atoms with E-state index in [1.165, 1.54) is 12.1 Å². The highest BCUT2D eigenvalue weighted by Crippen LogP contribution is 2.37. The highest BCUT2D eigenvalue weighted by molar-refractivity contribution is 5.70. The maximum absolute atomic E-state index is 13.0. The van der Waals surface area contributed by atoms with Crippen LogP contribution in [0.25, 0.3) is 0 Å². The van der Waals surface area contributed by atoms with E-state index >= 15 is 0 Å². The lowest BCUT2D eigenvalue weighted by atomic mass is 10.0. The van der Waals surface area contributed by atoms with Crippen LogP contribution in [0.5, 0.6) is 0 Å². The summed E-state index contributed by atoms with van der Waals surface area (Å²) in [4.78, 5) is 14.0. The van der Waals surface area contributed by atoms with E-state index in [0.717, 1.165) is 12.0 Å². The smallest absolute Gasteiger partial charge is 0.411 e. The molecule has 1 fully saturated rings. The van der Waals surface area contributed by atoms with Crippen molar-refractivity contribution in [1.29, 1.82) is 0 Å². The molecule has 0 radical (unpaired) electrons. The third-order valence-electron chi connectivity index (χ3n) is 3.57. The largest absolute Gasteiger partial charge is 0.444 e. The van der Waals surface area contributed by atoms with Gasteiger partial charge in [0.25, 0.3) is 0 Å². The van der Waals surface area contributed by atoms with Gasteiger partial charge in [0.2, 0.25) is 0 Å². The highest BCUT2D eigenvalue weighted by Gasteiger charge is 2.39. The maximum Gasteiger partial charge on any atom is 0.411 e. The molecule has 21 heavy (non-hydrogen) atoms. The van der Waals surface area contributed by atoms with Crippen LogP contribution in [0.4, 0.5) is 9.18 Å². The summed E-state index contributed by atoms with van der Waals surface area (Å²) in [7, 11) is 0. The Morgan fingerprint density at radius 3 is 2.48 bits per heavy atom. The number of amides is 1. The summed E-state index contributed by atoms with van der Waals surface area (Å²) in [6, 6.07) is 5.69. The van der Waals surface area contributed by atoms with Crippen LogP contribution >= 0.6 is 0 Å². The number of halogens is 1. The number of nitrogens with zero attached hydrogens (tertiary/aromatic N) is 1. The van der Waals surface area contributed by atoms with E-state index in [9.17, 15) is 14.3 Å². The van der Waals surface area contributed by atoms with Crippen LogP contribution in [-0.4, -0.2) is 34.3 Å². The lowest BCUT2D eigenvalue weighted by Crippen LogP contribution is -2.42. The van der Waals surface area contributed by atoms with E-state index in [2.05, 4.69) is 0 Å². The summed E-state index contributed by atoms with van der Waals surface area (Å²) in [5, 5.41) is 9.48. The molecule has 1 saturated heterocycles. The number of likely N-dealkylation sites (tertiary alicyclic amines) is 1. The van der Waals surface area contributed by atoms with Gasteiger partial charge in [-0.3, -0.25) is 4.90 Å². The monoisotopic (exact) mass is 295 g/mol. The summed E-state index contributed by atoms with van der Waals surface area (Å²) in [6.07, 6.45) is 1.00. The molecule has 2 rings (SSSR count). The topological polar surface area (TPSA) is 49.8 Å². The lowest BCUT2D eigenvalue weighted by Gasteiger charge is -2.32. The van der Waals surface area contributed by atoms with Crippen molar-refractivity contribution in [2.45, 2.75) is 51.3 Å². The van der Waals surface area contributed by atoms with Crippen LogP contribution in [0.1, 0.15) is 45.2 Å². The first-order chi connectivity index (χ1) is 9.81. The van der Waals surface area contributed by atoms with E-state index in [4.69, 9.17) is 4.74 Å². The standard InChI is InChI=1S/C16H22FNO3/c1-16(2,3)21-15(20)18-13(10-19)8-9-14(18)11-4-6-12(17)7-5-11/h4-7,13-14,19H,8-10H2,1-3H3/t13-,14-/m1/s1. The van der Waals surface area contributed by atoms with Gasteiger partial charge in [-0.15, -0.1) is 0 Å². The number of carbonyl (C=O) groups is 1. The fraction of sp³-hybridized carbons (Fsp3) is 0.562. The predicted molar refractivity (Wildman–Crippen MR) is 77.3 cm³/mol. The summed E-state index contributed by atoms with van der Waals surface area (Å²) < 4.78 is 18.5. The minimum atomic E-state index is -0.590. The second-order valence-corrected chi connectivity index (χ2v) is 6.37. The van der Waals surface area contributed by atoms with Crippen LogP contribution in [-0.2, 0) is 4.74 Å². The first-order valence-corrected chi connectivity index (χ1v) is 7.19. The van der Waals surface area contributed by atoms with Crippen LogP contribution in [0.2, 0.25) is 0 Å². The fourth-order valence-electron chi connectivity index (χ4n) is 2.67. The van der Waals surface area contributed by atoms with Crippen molar-refractivity contribution in [3.63, 3.8) is 0 Å². The SMILES string of the molecule is CC(C)(C)OC(=O)N1[C@@H](CO)CC[C@@H]1c1ccc(F)cc1. The van der Waals surface area contributed by atoms with Crippen LogP contribution in [0.3, 0.4) is 0 Å². The zero-order valence-corrected chi connectivity index (χ0v) is 12.7. The van der Waals surface area contributed by atoms with Crippen molar-refractivity contribution in [3.8, 4) is 0 Å². The average Bonchev–Trinajstić information content (AvgIpc) is 2.81. The van der Waals surface area contributed by atoms with E-state index in [-0.39, 0.29) is 24.5 Å². The Hall–Kier alpha value is -1.62. The predicted octanol–water partition coefficient (Wildman–Crippen LogP) is 3.26. The molecule has 0 saturated carbocycles. The summed E-state index contributed by atoms with van der Waals surface area (Å²) in [5.41, 5.74) is 0.269. The van der Waals surface area contributed by atoms with Gasteiger partial charge in [0, 0.05) is 0 Å². The van der Waals surface area contributed by atoms with E-state index in [1.54, 1.807) is 17.0 Å². The van der Waals surface area contributed by atoms with E-state index in [1.807, 2.05) is 20.8 Å². The molecule has 1 aliphatic rings. The van der Waals surface area contributed by atoms with E-state index in [0.29, 0.717) is 6.42 Å². The van der Waals surface area contributed by atoms with Crippen molar-refractivity contribution in [1.82, 2.24) is 4.90 Å². The molecule has 2 atom stereocenters. The molecule has 5 heteroatoms. The van der Waals surface area contributed by atoms with Crippen LogP contribution < -0.4 is 0 Å². The Labute approximate surface area is 124 Å². The first-order valence-electron chi connectivity index (χ1n) is 7.19. The number of carbonyl (C=O) groups excluding carboxylic acids is 1. The Balaban J connectivity index is 2.23. The molecule has 1 heterocycles. The lowest BCUT2D eigenvalue weighted by molar-refractivity contribution is 0.00868. The third-order valence-corrected chi connectivity index (χ3v) is 3.57. The van der Waals surface area contributed by atoms with Crippen molar-refractivity contribution in [2.75, 3.05) is 6.61 Å². The second-order valence-electron chi connectivity index (χ2n) is 6.37. The number of hydrogen-bond acceptors (Lipinski definition) is 3. The number of hydrogen-bond donors (Lipinski definition) is 1. The van der Waals surface area contributed by atoms with Gasteiger partial charge in [-0.05, 0) is 51.3 Å². The number of rotatable bonds is 2. The highest BCUT2D eigenvalue weighted by atomic mass is 19.1. The molecule has 0 aliphatic carbocycles. The van der Waals surface area contributed by atoms with Gasteiger partial charge in [0.05, 0.1) is 18.7 Å². The Bertz CT molecular complexity index is 495. The zero-order chi connectivity index (χ0) is 15.6. The molecule has 1 aromatic carbocycles. The quantitative estimate of drug-likeness (QED) is 0.911. The van der Waals surface area contributed by atoms with Gasteiger partial charge in [-0.1, -0.05) is 12.1 Å². The summed E-state index contributed by atoms with van der Waals surface area (Å²) in [6.45, 7) is 5.32. The van der Waals surface area contributed by atoms with Crippen molar-refractivity contribution in [3.05, 3.63) is 35.6 Å². The molecule has 4 nitrogen and oxygen atoms in total.